The molecule has 1 heterocycles. The Morgan fingerprint density at radius 2 is 1.78 bits per heavy atom. The molecule has 4 heteroatoms. The molecule has 0 saturated heterocycles. The number of nitrogens with zero attached hydrogens (tertiary/aromatic N) is 1. The Labute approximate surface area is 108 Å². The average molecular weight is 252 g/mol. The number of hydrogen-bond acceptors (Lipinski definition) is 3. The molecule has 0 aliphatic rings. The second-order valence-electron chi connectivity index (χ2n) is 5.50. The van der Waals surface area contributed by atoms with Crippen molar-refractivity contribution in [2.45, 2.75) is 47.0 Å². The number of rotatable bonds is 5. The molecule has 1 aromatic rings. The van der Waals surface area contributed by atoms with Crippen LogP contribution in [0.25, 0.3) is 0 Å². The van der Waals surface area contributed by atoms with E-state index in [1.165, 1.54) is 0 Å². The van der Waals surface area contributed by atoms with Crippen LogP contribution in [0.3, 0.4) is 0 Å². The van der Waals surface area contributed by atoms with Crippen LogP contribution in [0.1, 0.15) is 50.7 Å². The molecule has 0 aliphatic heterocycles. The van der Waals surface area contributed by atoms with Crippen molar-refractivity contribution in [1.82, 2.24) is 9.97 Å². The molecule has 1 aromatic heterocycles. The van der Waals surface area contributed by atoms with Gasteiger partial charge < -0.3 is 10.1 Å². The zero-order valence-electron chi connectivity index (χ0n) is 11.9. The molecule has 0 fully saturated rings. The van der Waals surface area contributed by atoms with Crippen LogP contribution in [-0.4, -0.2) is 21.7 Å². The highest BCUT2D eigenvalue weighted by Crippen LogP contribution is 2.29. The number of aromatic amines is 1. The number of aliphatic hydroxyl groups excluding tert-OH is 1. The van der Waals surface area contributed by atoms with E-state index >= 15 is 0 Å². The lowest BCUT2D eigenvalue weighted by Gasteiger charge is -2.24. The van der Waals surface area contributed by atoms with Crippen molar-refractivity contribution in [2.24, 2.45) is 11.8 Å². The van der Waals surface area contributed by atoms with Crippen molar-refractivity contribution in [1.29, 1.82) is 0 Å². The molecule has 0 spiro atoms. The maximum atomic E-state index is 12.0. The van der Waals surface area contributed by atoms with Gasteiger partial charge in [-0.3, -0.25) is 4.79 Å². The summed E-state index contributed by atoms with van der Waals surface area (Å²) in [5.74, 6) is 1.87. The zero-order valence-corrected chi connectivity index (χ0v) is 11.9. The lowest BCUT2D eigenvalue weighted by Crippen LogP contribution is -2.25. The second-order valence-corrected chi connectivity index (χ2v) is 5.50. The van der Waals surface area contributed by atoms with Gasteiger partial charge in [0.25, 0.3) is 5.56 Å². The summed E-state index contributed by atoms with van der Waals surface area (Å²) in [6, 6.07) is 0. The summed E-state index contributed by atoms with van der Waals surface area (Å²) in [5.41, 5.74) is 1.21. The minimum absolute atomic E-state index is 0.0251. The third-order valence-corrected chi connectivity index (χ3v) is 3.35. The van der Waals surface area contributed by atoms with Crippen LogP contribution in [0, 0.1) is 18.8 Å². The number of nitrogens with one attached hydrogen (secondary N) is 1. The van der Waals surface area contributed by atoms with Crippen molar-refractivity contribution >= 4 is 0 Å². The van der Waals surface area contributed by atoms with Gasteiger partial charge in [0.05, 0.1) is 0 Å². The van der Waals surface area contributed by atoms with Crippen LogP contribution in [0.15, 0.2) is 4.79 Å². The first kappa shape index (κ1) is 14.9. The molecule has 0 bridgehead atoms. The van der Waals surface area contributed by atoms with Crippen molar-refractivity contribution in [3.63, 3.8) is 0 Å². The summed E-state index contributed by atoms with van der Waals surface area (Å²) in [4.78, 5) is 19.4. The molecule has 0 atom stereocenters. The predicted molar refractivity (Wildman–Crippen MR) is 72.8 cm³/mol. The molecule has 0 aromatic carbocycles. The number of aryl methyl sites for hydroxylation is 1. The molecule has 2 N–H and O–H groups in total. The van der Waals surface area contributed by atoms with Crippen LogP contribution < -0.4 is 5.56 Å². The number of aliphatic hydroxyl groups is 1. The average Bonchev–Trinajstić information content (AvgIpc) is 2.22. The van der Waals surface area contributed by atoms with Crippen LogP contribution in [0.4, 0.5) is 0 Å². The van der Waals surface area contributed by atoms with Crippen molar-refractivity contribution in [2.75, 3.05) is 6.61 Å². The van der Waals surface area contributed by atoms with Crippen LogP contribution in [-0.2, 0) is 6.42 Å². The lowest BCUT2D eigenvalue weighted by atomic mass is 9.85. The monoisotopic (exact) mass is 252 g/mol. The summed E-state index contributed by atoms with van der Waals surface area (Å²) in [6.45, 7) is 10.4. The van der Waals surface area contributed by atoms with E-state index in [2.05, 4.69) is 37.7 Å². The summed E-state index contributed by atoms with van der Waals surface area (Å²) in [6.07, 6.45) is 0.364. The summed E-state index contributed by atoms with van der Waals surface area (Å²) in [5, 5.41) is 8.94. The summed E-state index contributed by atoms with van der Waals surface area (Å²) >= 11 is 0. The Balaban J connectivity index is 3.23. The fraction of sp³-hybridized carbons (Fsp3) is 0.714. The highest BCUT2D eigenvalue weighted by atomic mass is 16.3. The van der Waals surface area contributed by atoms with Gasteiger partial charge in [-0.15, -0.1) is 0 Å². The SMILES string of the molecule is Cc1nc(C(C(C)C)C(C)C)[nH]c(=O)c1CCO. The smallest absolute Gasteiger partial charge is 0.254 e. The molecule has 0 radical (unpaired) electrons. The first-order valence-electron chi connectivity index (χ1n) is 6.59. The Kier molecular flexibility index (Phi) is 5.08. The van der Waals surface area contributed by atoms with Gasteiger partial charge in [-0.2, -0.15) is 0 Å². The maximum absolute atomic E-state index is 12.0. The van der Waals surface area contributed by atoms with E-state index in [1.54, 1.807) is 0 Å². The quantitative estimate of drug-likeness (QED) is 0.842. The normalized spacial score (nSPS) is 11.8. The van der Waals surface area contributed by atoms with Gasteiger partial charge >= 0.3 is 0 Å². The molecule has 4 nitrogen and oxygen atoms in total. The third-order valence-electron chi connectivity index (χ3n) is 3.35. The van der Waals surface area contributed by atoms with Crippen molar-refractivity contribution in [3.05, 3.63) is 27.4 Å². The molecule has 0 aliphatic carbocycles. The molecule has 102 valence electrons. The highest BCUT2D eigenvalue weighted by Gasteiger charge is 2.23. The van der Waals surface area contributed by atoms with Gasteiger partial charge in [-0.1, -0.05) is 27.7 Å². The van der Waals surface area contributed by atoms with Gasteiger partial charge in [0, 0.05) is 30.2 Å². The van der Waals surface area contributed by atoms with Crippen molar-refractivity contribution in [3.8, 4) is 0 Å². The topological polar surface area (TPSA) is 66.0 Å². The molecular weight excluding hydrogens is 228 g/mol. The third kappa shape index (κ3) is 3.19. The molecule has 0 amide bonds. The summed E-state index contributed by atoms with van der Waals surface area (Å²) in [7, 11) is 0. The maximum Gasteiger partial charge on any atom is 0.254 e. The predicted octanol–water partition coefficient (Wildman–Crippen LogP) is 2.01. The minimum atomic E-state index is -0.113. The van der Waals surface area contributed by atoms with E-state index in [1.807, 2.05) is 6.92 Å². The number of aromatic nitrogens is 2. The lowest BCUT2D eigenvalue weighted by molar-refractivity contribution is 0.298. The number of H-pyrrole nitrogens is 1. The largest absolute Gasteiger partial charge is 0.396 e. The molecule has 1 rings (SSSR count). The molecule has 0 unspecified atom stereocenters. The van der Waals surface area contributed by atoms with Crippen LogP contribution in [0.2, 0.25) is 0 Å². The van der Waals surface area contributed by atoms with E-state index in [0.717, 1.165) is 11.5 Å². The Morgan fingerprint density at radius 3 is 2.17 bits per heavy atom. The van der Waals surface area contributed by atoms with E-state index in [9.17, 15) is 4.79 Å². The van der Waals surface area contributed by atoms with E-state index < -0.39 is 0 Å². The van der Waals surface area contributed by atoms with Crippen molar-refractivity contribution < 1.29 is 5.11 Å². The van der Waals surface area contributed by atoms with Gasteiger partial charge in [0.1, 0.15) is 5.82 Å². The Morgan fingerprint density at radius 1 is 1.22 bits per heavy atom. The van der Waals surface area contributed by atoms with E-state index in [0.29, 0.717) is 23.8 Å². The van der Waals surface area contributed by atoms with Crippen LogP contribution >= 0.6 is 0 Å². The van der Waals surface area contributed by atoms with Gasteiger partial charge in [-0.05, 0) is 18.8 Å². The Bertz CT molecular complexity index is 442. The van der Waals surface area contributed by atoms with E-state index in [4.69, 9.17) is 5.11 Å². The zero-order chi connectivity index (χ0) is 13.9. The van der Waals surface area contributed by atoms with Gasteiger partial charge in [0.15, 0.2) is 0 Å². The van der Waals surface area contributed by atoms with Gasteiger partial charge in [0.2, 0.25) is 0 Å². The Hall–Kier alpha value is -1.16. The van der Waals surface area contributed by atoms with E-state index in [-0.39, 0.29) is 18.1 Å². The first-order chi connectivity index (χ1) is 8.38. The fourth-order valence-electron chi connectivity index (χ4n) is 2.60. The number of hydrogen-bond donors (Lipinski definition) is 2. The molecule has 18 heavy (non-hydrogen) atoms. The molecule has 0 saturated carbocycles. The highest BCUT2D eigenvalue weighted by molar-refractivity contribution is 5.18. The molecular formula is C14H24N2O2. The first-order valence-corrected chi connectivity index (χ1v) is 6.59. The standard InChI is InChI=1S/C14H24N2O2/c1-8(2)12(9(3)4)13-15-10(5)11(6-7-17)14(18)16-13/h8-9,12,17H,6-7H2,1-5H3,(H,15,16,18). The fourth-order valence-corrected chi connectivity index (χ4v) is 2.60. The summed E-state index contributed by atoms with van der Waals surface area (Å²) < 4.78 is 0. The minimum Gasteiger partial charge on any atom is -0.396 e. The second kappa shape index (κ2) is 6.14. The van der Waals surface area contributed by atoms with Gasteiger partial charge in [-0.25, -0.2) is 4.98 Å². The van der Waals surface area contributed by atoms with Crippen LogP contribution in [0.5, 0.6) is 0 Å².